The van der Waals surface area contributed by atoms with Gasteiger partial charge in [-0.25, -0.2) is 17.9 Å². The Kier molecular flexibility index (Phi) is 2.78. The summed E-state index contributed by atoms with van der Waals surface area (Å²) in [4.78, 5) is 4.06. The largest absolute Gasteiger partial charge is 0.280 e. The maximum Gasteiger partial charge on any atom is 0.232 e. The van der Waals surface area contributed by atoms with Crippen LogP contribution < -0.4 is 4.72 Å². The average Bonchev–Trinajstić information content (AvgIpc) is 2.63. The standard InChI is InChI=1S/C9H12N4O2S/c1-2-5-16(14,15)12-8-6-10-9-3-4-11-13(9)7-8/h3-4,6-7,12H,2,5H2,1H3. The minimum atomic E-state index is -3.27. The normalized spacial score (nSPS) is 11.8. The molecule has 0 aliphatic rings. The van der Waals surface area contributed by atoms with Crippen LogP contribution in [0.1, 0.15) is 13.3 Å². The summed E-state index contributed by atoms with van der Waals surface area (Å²) in [5.74, 6) is 0.101. The Bertz CT molecular complexity index is 590. The SMILES string of the molecule is CCCS(=O)(=O)Nc1cnc2ccnn2c1. The van der Waals surface area contributed by atoms with Crippen molar-refractivity contribution in [2.45, 2.75) is 13.3 Å². The molecule has 2 aromatic rings. The van der Waals surface area contributed by atoms with E-state index in [0.29, 0.717) is 17.8 Å². The fraction of sp³-hybridized carbons (Fsp3) is 0.333. The van der Waals surface area contributed by atoms with Crippen LogP contribution in [-0.2, 0) is 10.0 Å². The van der Waals surface area contributed by atoms with Crippen LogP contribution >= 0.6 is 0 Å². The summed E-state index contributed by atoms with van der Waals surface area (Å²) in [5.41, 5.74) is 1.10. The predicted molar refractivity (Wildman–Crippen MR) is 60.7 cm³/mol. The first-order valence-electron chi connectivity index (χ1n) is 4.90. The van der Waals surface area contributed by atoms with Crippen molar-refractivity contribution in [2.24, 2.45) is 0 Å². The second-order valence-electron chi connectivity index (χ2n) is 3.40. The highest BCUT2D eigenvalue weighted by Gasteiger charge is 2.09. The fourth-order valence-corrected chi connectivity index (χ4v) is 2.47. The van der Waals surface area contributed by atoms with Gasteiger partial charge in [-0.15, -0.1) is 0 Å². The van der Waals surface area contributed by atoms with Gasteiger partial charge in [0.2, 0.25) is 10.0 Å². The monoisotopic (exact) mass is 240 g/mol. The fourth-order valence-electron chi connectivity index (χ4n) is 1.36. The predicted octanol–water partition coefficient (Wildman–Crippen LogP) is 0.881. The van der Waals surface area contributed by atoms with Crippen molar-refractivity contribution in [1.82, 2.24) is 14.6 Å². The Balaban J connectivity index is 2.27. The molecule has 2 aromatic heterocycles. The summed E-state index contributed by atoms with van der Waals surface area (Å²) in [6.07, 6.45) is 5.25. The maximum absolute atomic E-state index is 11.5. The number of hydrogen-bond acceptors (Lipinski definition) is 4. The van der Waals surface area contributed by atoms with Gasteiger partial charge in [-0.05, 0) is 6.42 Å². The first-order chi connectivity index (χ1) is 7.61. The van der Waals surface area contributed by atoms with Crippen LogP contribution in [0.15, 0.2) is 24.7 Å². The summed E-state index contributed by atoms with van der Waals surface area (Å²) in [6, 6.07) is 1.74. The highest BCUT2D eigenvalue weighted by atomic mass is 32.2. The first kappa shape index (κ1) is 10.9. The van der Waals surface area contributed by atoms with Gasteiger partial charge in [0.25, 0.3) is 0 Å². The number of hydrogen-bond donors (Lipinski definition) is 1. The average molecular weight is 240 g/mol. The number of aromatic nitrogens is 3. The molecule has 2 rings (SSSR count). The van der Waals surface area contributed by atoms with Crippen molar-refractivity contribution < 1.29 is 8.42 Å². The van der Waals surface area contributed by atoms with E-state index >= 15 is 0 Å². The molecule has 0 saturated carbocycles. The first-order valence-corrected chi connectivity index (χ1v) is 6.56. The number of fused-ring (bicyclic) bond motifs is 1. The molecule has 6 nitrogen and oxygen atoms in total. The third-order valence-corrected chi connectivity index (χ3v) is 3.49. The molecular formula is C9H12N4O2S. The zero-order chi connectivity index (χ0) is 11.6. The van der Waals surface area contributed by atoms with Crippen LogP contribution in [0.3, 0.4) is 0 Å². The Hall–Kier alpha value is -1.63. The van der Waals surface area contributed by atoms with Crippen molar-refractivity contribution >= 4 is 21.4 Å². The minimum absolute atomic E-state index is 0.101. The van der Waals surface area contributed by atoms with Crippen LogP contribution in [0.2, 0.25) is 0 Å². The van der Waals surface area contributed by atoms with E-state index in [-0.39, 0.29) is 5.75 Å². The van der Waals surface area contributed by atoms with Crippen molar-refractivity contribution in [1.29, 1.82) is 0 Å². The molecule has 0 fully saturated rings. The smallest absolute Gasteiger partial charge is 0.232 e. The van der Waals surface area contributed by atoms with Gasteiger partial charge >= 0.3 is 0 Å². The Morgan fingerprint density at radius 1 is 1.50 bits per heavy atom. The van der Waals surface area contributed by atoms with E-state index in [1.54, 1.807) is 18.5 Å². The number of nitrogens with one attached hydrogen (secondary N) is 1. The van der Waals surface area contributed by atoms with E-state index in [4.69, 9.17) is 0 Å². The number of nitrogens with zero attached hydrogens (tertiary/aromatic N) is 3. The highest BCUT2D eigenvalue weighted by molar-refractivity contribution is 7.92. The molecule has 86 valence electrons. The molecule has 0 atom stereocenters. The molecule has 0 aliphatic carbocycles. The molecule has 0 amide bonds. The van der Waals surface area contributed by atoms with Gasteiger partial charge in [-0.2, -0.15) is 5.10 Å². The van der Waals surface area contributed by atoms with E-state index in [1.165, 1.54) is 10.7 Å². The van der Waals surface area contributed by atoms with E-state index in [2.05, 4.69) is 14.8 Å². The molecule has 2 heterocycles. The van der Waals surface area contributed by atoms with Crippen LogP contribution in [0.5, 0.6) is 0 Å². The van der Waals surface area contributed by atoms with Crippen LogP contribution in [0.25, 0.3) is 5.65 Å². The van der Waals surface area contributed by atoms with E-state index in [9.17, 15) is 8.42 Å². The lowest BCUT2D eigenvalue weighted by atomic mass is 10.5. The van der Waals surface area contributed by atoms with E-state index < -0.39 is 10.0 Å². The topological polar surface area (TPSA) is 76.4 Å². The van der Waals surface area contributed by atoms with Gasteiger partial charge in [0.15, 0.2) is 5.65 Å². The molecular weight excluding hydrogens is 228 g/mol. The van der Waals surface area contributed by atoms with Gasteiger partial charge in [0.1, 0.15) is 0 Å². The maximum atomic E-state index is 11.5. The van der Waals surface area contributed by atoms with Gasteiger partial charge in [-0.1, -0.05) is 6.92 Å². The lowest BCUT2D eigenvalue weighted by Crippen LogP contribution is -2.16. The summed E-state index contributed by atoms with van der Waals surface area (Å²) in [6.45, 7) is 1.81. The number of rotatable bonds is 4. The Morgan fingerprint density at radius 2 is 2.31 bits per heavy atom. The zero-order valence-corrected chi connectivity index (χ0v) is 9.61. The number of sulfonamides is 1. The quantitative estimate of drug-likeness (QED) is 0.860. The molecule has 16 heavy (non-hydrogen) atoms. The van der Waals surface area contributed by atoms with Gasteiger partial charge < -0.3 is 0 Å². The highest BCUT2D eigenvalue weighted by Crippen LogP contribution is 2.09. The van der Waals surface area contributed by atoms with Crippen molar-refractivity contribution in [2.75, 3.05) is 10.5 Å². The van der Waals surface area contributed by atoms with Gasteiger partial charge in [-0.3, -0.25) is 4.72 Å². The summed E-state index contributed by atoms with van der Waals surface area (Å²) < 4.78 is 27.0. The molecule has 0 unspecified atom stereocenters. The Morgan fingerprint density at radius 3 is 3.06 bits per heavy atom. The van der Waals surface area contributed by atoms with Crippen LogP contribution in [-0.4, -0.2) is 28.8 Å². The molecule has 0 aromatic carbocycles. The second-order valence-corrected chi connectivity index (χ2v) is 5.24. The lowest BCUT2D eigenvalue weighted by Gasteiger charge is -2.06. The van der Waals surface area contributed by atoms with Crippen LogP contribution in [0.4, 0.5) is 5.69 Å². The third kappa shape index (κ3) is 2.30. The minimum Gasteiger partial charge on any atom is -0.280 e. The molecule has 7 heteroatoms. The van der Waals surface area contributed by atoms with Crippen molar-refractivity contribution in [3.63, 3.8) is 0 Å². The van der Waals surface area contributed by atoms with Crippen LogP contribution in [0, 0.1) is 0 Å². The molecule has 0 bridgehead atoms. The molecule has 1 N–H and O–H groups in total. The Labute approximate surface area is 93.4 Å². The van der Waals surface area contributed by atoms with E-state index in [0.717, 1.165) is 0 Å². The van der Waals surface area contributed by atoms with Gasteiger partial charge in [0.05, 0.1) is 30.0 Å². The lowest BCUT2D eigenvalue weighted by molar-refractivity contribution is 0.600. The van der Waals surface area contributed by atoms with Crippen molar-refractivity contribution in [3.8, 4) is 0 Å². The summed E-state index contributed by atoms with van der Waals surface area (Å²) in [5, 5.41) is 3.97. The third-order valence-electron chi connectivity index (χ3n) is 1.99. The summed E-state index contributed by atoms with van der Waals surface area (Å²) in [7, 11) is -3.27. The second kappa shape index (κ2) is 4.09. The summed E-state index contributed by atoms with van der Waals surface area (Å²) >= 11 is 0. The molecule has 0 radical (unpaired) electrons. The molecule has 0 aliphatic heterocycles. The number of anilines is 1. The molecule has 0 saturated heterocycles. The van der Waals surface area contributed by atoms with Crippen molar-refractivity contribution in [3.05, 3.63) is 24.7 Å². The zero-order valence-electron chi connectivity index (χ0n) is 8.79. The molecule has 0 spiro atoms. The van der Waals surface area contributed by atoms with Gasteiger partial charge in [0, 0.05) is 6.07 Å². The van der Waals surface area contributed by atoms with E-state index in [1.807, 2.05) is 6.92 Å².